The maximum absolute atomic E-state index is 13.9. The first-order valence-corrected chi connectivity index (χ1v) is 8.95. The highest BCUT2D eigenvalue weighted by Crippen LogP contribution is 2.34. The van der Waals surface area contributed by atoms with Gasteiger partial charge in [0.15, 0.2) is 0 Å². The zero-order valence-corrected chi connectivity index (χ0v) is 14.1. The van der Waals surface area contributed by atoms with E-state index in [2.05, 4.69) is 0 Å². The minimum absolute atomic E-state index is 0.142. The Morgan fingerprint density at radius 3 is 2.42 bits per heavy atom. The van der Waals surface area contributed by atoms with Crippen molar-refractivity contribution >= 4 is 26.7 Å². The monoisotopic (exact) mass is 351 g/mol. The highest BCUT2D eigenvalue weighted by Gasteiger charge is 2.18. The zero-order chi connectivity index (χ0) is 17.6. The van der Waals surface area contributed by atoms with Crippen LogP contribution >= 0.6 is 0 Å². The van der Waals surface area contributed by atoms with Gasteiger partial charge in [-0.25, -0.2) is 17.2 Å². The molecule has 7 heteroatoms. The summed E-state index contributed by atoms with van der Waals surface area (Å²) >= 11 is 0. The van der Waals surface area contributed by atoms with E-state index in [1.807, 2.05) is 0 Å². The molecule has 0 bridgehead atoms. The second kappa shape index (κ2) is 5.59. The summed E-state index contributed by atoms with van der Waals surface area (Å²) in [6, 6.07) is 8.25. The molecule has 0 amide bonds. The van der Waals surface area contributed by atoms with Gasteiger partial charge in [0, 0.05) is 24.6 Å². The van der Waals surface area contributed by atoms with Crippen LogP contribution in [0.2, 0.25) is 0 Å². The van der Waals surface area contributed by atoms with Crippen molar-refractivity contribution in [3.8, 4) is 11.3 Å². The lowest BCUT2D eigenvalue weighted by Crippen LogP contribution is -2.25. The highest BCUT2D eigenvalue weighted by atomic mass is 32.2. The van der Waals surface area contributed by atoms with Crippen molar-refractivity contribution in [1.82, 2.24) is 0 Å². The topological polar surface area (TPSA) is 50.5 Å². The second-order valence-corrected chi connectivity index (χ2v) is 7.66. The first kappa shape index (κ1) is 16.4. The summed E-state index contributed by atoms with van der Waals surface area (Å²) in [5, 5.41) is 0.705. The minimum Gasteiger partial charge on any atom is -0.456 e. The van der Waals surface area contributed by atoms with Crippen LogP contribution in [0.15, 0.2) is 40.8 Å². The number of nitrogens with zero attached hydrogens (tertiary/aromatic N) is 1. The summed E-state index contributed by atoms with van der Waals surface area (Å²) in [7, 11) is -1.96. The van der Waals surface area contributed by atoms with Crippen molar-refractivity contribution in [1.29, 1.82) is 0 Å². The molecule has 0 N–H and O–H groups in total. The summed E-state index contributed by atoms with van der Waals surface area (Å²) in [4.78, 5) is 0. The smallest absolute Gasteiger partial charge is 0.232 e. The summed E-state index contributed by atoms with van der Waals surface area (Å²) in [6.07, 6.45) is 1.11. The largest absolute Gasteiger partial charge is 0.456 e. The van der Waals surface area contributed by atoms with Gasteiger partial charge >= 0.3 is 0 Å². The van der Waals surface area contributed by atoms with Gasteiger partial charge in [0.25, 0.3) is 0 Å². The van der Waals surface area contributed by atoms with Crippen molar-refractivity contribution in [2.45, 2.75) is 6.92 Å². The van der Waals surface area contributed by atoms with Crippen LogP contribution in [0.25, 0.3) is 22.3 Å². The number of fused-ring (bicyclic) bond motifs is 1. The first-order valence-electron chi connectivity index (χ1n) is 7.10. The molecule has 0 saturated carbocycles. The number of halogens is 2. The van der Waals surface area contributed by atoms with E-state index in [4.69, 9.17) is 4.42 Å². The van der Waals surface area contributed by atoms with Gasteiger partial charge in [-0.05, 0) is 36.8 Å². The highest BCUT2D eigenvalue weighted by molar-refractivity contribution is 7.92. The number of benzene rings is 2. The Bertz CT molecular complexity index is 1040. The molecule has 0 saturated heterocycles. The number of furan rings is 1. The fourth-order valence-electron chi connectivity index (χ4n) is 2.53. The van der Waals surface area contributed by atoms with Crippen molar-refractivity contribution in [2.75, 3.05) is 17.6 Å². The molecule has 0 aliphatic rings. The van der Waals surface area contributed by atoms with Gasteiger partial charge in [-0.15, -0.1) is 0 Å². The van der Waals surface area contributed by atoms with E-state index >= 15 is 0 Å². The predicted octanol–water partition coefficient (Wildman–Crippen LogP) is 4.08. The predicted molar refractivity (Wildman–Crippen MR) is 89.5 cm³/mol. The third-order valence-electron chi connectivity index (χ3n) is 3.87. The summed E-state index contributed by atoms with van der Waals surface area (Å²) in [5.41, 5.74) is 1.78. The summed E-state index contributed by atoms with van der Waals surface area (Å²) < 4.78 is 57.2. The molecule has 2 aromatic carbocycles. The summed E-state index contributed by atoms with van der Waals surface area (Å²) in [5.74, 6) is -1.14. The van der Waals surface area contributed by atoms with Crippen molar-refractivity contribution in [3.05, 3.63) is 53.6 Å². The van der Waals surface area contributed by atoms with E-state index in [0.29, 0.717) is 16.7 Å². The zero-order valence-electron chi connectivity index (χ0n) is 13.3. The molecular formula is C17H15F2NO3S. The second-order valence-electron chi connectivity index (χ2n) is 5.64. The Balaban J connectivity index is 2.15. The first-order chi connectivity index (χ1) is 11.2. The molecular weight excluding hydrogens is 336 g/mol. The number of rotatable bonds is 3. The van der Waals surface area contributed by atoms with Gasteiger partial charge in [-0.2, -0.15) is 0 Å². The molecule has 3 aromatic rings. The van der Waals surface area contributed by atoms with Crippen LogP contribution < -0.4 is 4.31 Å². The van der Waals surface area contributed by atoms with Gasteiger partial charge in [0.1, 0.15) is 23.0 Å². The SMILES string of the molecule is Cc1cc2cc(-c3ccc(F)cc3F)oc2cc1N(C)S(C)(=O)=O. The lowest BCUT2D eigenvalue weighted by Gasteiger charge is -2.18. The Morgan fingerprint density at radius 1 is 1.08 bits per heavy atom. The number of hydrogen-bond acceptors (Lipinski definition) is 3. The van der Waals surface area contributed by atoms with Crippen LogP contribution in [0.3, 0.4) is 0 Å². The molecule has 0 radical (unpaired) electrons. The number of anilines is 1. The molecule has 126 valence electrons. The number of sulfonamides is 1. The quantitative estimate of drug-likeness (QED) is 0.714. The fourth-order valence-corrected chi connectivity index (χ4v) is 3.08. The van der Waals surface area contributed by atoms with Crippen molar-refractivity contribution in [3.63, 3.8) is 0 Å². The minimum atomic E-state index is -3.41. The van der Waals surface area contributed by atoms with Gasteiger partial charge in [0.05, 0.1) is 17.5 Å². The molecule has 3 rings (SSSR count). The van der Waals surface area contributed by atoms with E-state index in [9.17, 15) is 17.2 Å². The van der Waals surface area contributed by atoms with Crippen LogP contribution in [0, 0.1) is 18.6 Å². The van der Waals surface area contributed by atoms with Crippen LogP contribution in [-0.2, 0) is 10.0 Å². The van der Waals surface area contributed by atoms with Gasteiger partial charge in [-0.1, -0.05) is 0 Å². The Labute approximate surface area is 138 Å². The molecule has 24 heavy (non-hydrogen) atoms. The van der Waals surface area contributed by atoms with E-state index < -0.39 is 21.7 Å². The molecule has 1 heterocycles. The van der Waals surface area contributed by atoms with E-state index in [1.165, 1.54) is 13.1 Å². The third kappa shape index (κ3) is 2.87. The third-order valence-corrected chi connectivity index (χ3v) is 5.06. The fraction of sp³-hybridized carbons (Fsp3) is 0.176. The molecule has 0 spiro atoms. The number of hydrogen-bond donors (Lipinski definition) is 0. The Hall–Kier alpha value is -2.41. The molecule has 0 atom stereocenters. The molecule has 0 aliphatic carbocycles. The molecule has 0 fully saturated rings. The van der Waals surface area contributed by atoms with E-state index in [1.54, 1.807) is 25.1 Å². The summed E-state index contributed by atoms with van der Waals surface area (Å²) in [6.45, 7) is 1.78. The molecule has 1 aromatic heterocycles. The maximum atomic E-state index is 13.9. The number of aryl methyl sites for hydroxylation is 1. The molecule has 4 nitrogen and oxygen atoms in total. The van der Waals surface area contributed by atoms with Gasteiger partial charge in [0.2, 0.25) is 10.0 Å². The Morgan fingerprint density at radius 2 is 1.79 bits per heavy atom. The van der Waals surface area contributed by atoms with Crippen LogP contribution in [0.5, 0.6) is 0 Å². The van der Waals surface area contributed by atoms with Crippen molar-refractivity contribution in [2.24, 2.45) is 0 Å². The van der Waals surface area contributed by atoms with Gasteiger partial charge < -0.3 is 4.42 Å². The van der Waals surface area contributed by atoms with E-state index in [0.717, 1.165) is 28.3 Å². The average molecular weight is 351 g/mol. The van der Waals surface area contributed by atoms with E-state index in [-0.39, 0.29) is 11.3 Å². The lowest BCUT2D eigenvalue weighted by molar-refractivity contribution is 0.575. The standard InChI is InChI=1S/C17H15F2NO3S/c1-10-6-11-7-17(13-5-4-12(18)8-14(13)19)23-16(11)9-15(10)20(2)24(3,21)22/h4-9H,1-3H3. The van der Waals surface area contributed by atoms with Crippen LogP contribution in [0.1, 0.15) is 5.56 Å². The lowest BCUT2D eigenvalue weighted by atomic mass is 10.1. The van der Waals surface area contributed by atoms with Crippen LogP contribution in [-0.4, -0.2) is 21.7 Å². The normalized spacial score (nSPS) is 11.9. The molecule has 0 aliphatic heterocycles. The average Bonchev–Trinajstić information content (AvgIpc) is 2.86. The molecule has 0 unspecified atom stereocenters. The van der Waals surface area contributed by atoms with Gasteiger partial charge in [-0.3, -0.25) is 4.31 Å². The Kier molecular flexibility index (Phi) is 3.83. The van der Waals surface area contributed by atoms with Crippen LogP contribution in [0.4, 0.5) is 14.5 Å². The maximum Gasteiger partial charge on any atom is 0.232 e. The van der Waals surface area contributed by atoms with Crippen molar-refractivity contribution < 1.29 is 21.6 Å².